The van der Waals surface area contributed by atoms with E-state index in [0.29, 0.717) is 19.2 Å². The molecule has 4 rings (SSSR count). The Morgan fingerprint density at radius 3 is 2.62 bits per heavy atom. The maximum absolute atomic E-state index is 5.61. The van der Waals surface area contributed by atoms with Gasteiger partial charge in [0.15, 0.2) is 5.65 Å². The van der Waals surface area contributed by atoms with Crippen LogP contribution >= 0.6 is 11.9 Å². The molecule has 1 aliphatic rings. The lowest BCUT2D eigenvalue weighted by atomic mass is 10.2. The van der Waals surface area contributed by atoms with E-state index in [1.165, 1.54) is 0 Å². The van der Waals surface area contributed by atoms with E-state index in [1.54, 1.807) is 24.3 Å². The summed E-state index contributed by atoms with van der Waals surface area (Å²) in [5.74, 6) is 0.950. The van der Waals surface area contributed by atoms with Crippen LogP contribution < -0.4 is 10.6 Å². The average Bonchev–Trinajstić information content (AvgIpc) is 3.05. The summed E-state index contributed by atoms with van der Waals surface area (Å²) in [4.78, 5) is 19.9. The zero-order valence-electron chi connectivity index (χ0n) is 13.2. The summed E-state index contributed by atoms with van der Waals surface area (Å²) < 4.78 is 7.46. The predicted molar refractivity (Wildman–Crippen MR) is 94.9 cm³/mol. The molecule has 0 amide bonds. The first-order valence-corrected chi connectivity index (χ1v) is 8.78. The quantitative estimate of drug-likeness (QED) is 0.763. The molecule has 0 unspecified atom stereocenters. The molecule has 0 aromatic carbocycles. The second-order valence-corrected chi connectivity index (χ2v) is 6.12. The molecule has 3 aromatic heterocycles. The van der Waals surface area contributed by atoms with Crippen molar-refractivity contribution in [1.82, 2.24) is 23.9 Å². The predicted octanol–water partition coefficient (Wildman–Crippen LogP) is 1.43. The lowest BCUT2D eigenvalue weighted by molar-refractivity contribution is 0.122. The number of morpholine rings is 1. The summed E-state index contributed by atoms with van der Waals surface area (Å²) in [7, 11) is 0. The zero-order valence-corrected chi connectivity index (χ0v) is 14.0. The molecule has 0 radical (unpaired) electrons. The number of aromatic nitrogens is 5. The fourth-order valence-electron chi connectivity index (χ4n) is 2.71. The molecule has 124 valence electrons. The number of nitrogen functional groups attached to an aromatic ring is 1. The van der Waals surface area contributed by atoms with Crippen molar-refractivity contribution in [2.24, 2.45) is 0 Å². The van der Waals surface area contributed by atoms with Gasteiger partial charge in [0.05, 0.1) is 18.9 Å². The van der Waals surface area contributed by atoms with E-state index in [1.807, 2.05) is 22.5 Å². The maximum Gasteiger partial charge on any atom is 0.228 e. The molecule has 1 aliphatic heterocycles. The van der Waals surface area contributed by atoms with Gasteiger partial charge in [-0.15, -0.1) is 0 Å². The van der Waals surface area contributed by atoms with Crippen molar-refractivity contribution in [3.05, 3.63) is 24.7 Å². The third kappa shape index (κ3) is 2.65. The monoisotopic (exact) mass is 343 g/mol. The largest absolute Gasteiger partial charge is 0.378 e. The Labute approximate surface area is 143 Å². The maximum atomic E-state index is 5.61. The van der Waals surface area contributed by atoms with E-state index in [4.69, 9.17) is 20.4 Å². The van der Waals surface area contributed by atoms with Crippen molar-refractivity contribution in [3.8, 4) is 11.3 Å². The summed E-state index contributed by atoms with van der Waals surface area (Å²) in [6.07, 6.45) is 7.41. The van der Waals surface area contributed by atoms with Crippen LogP contribution in [-0.4, -0.2) is 56.5 Å². The van der Waals surface area contributed by atoms with E-state index >= 15 is 0 Å². The fraction of sp³-hybridized carbons (Fsp3) is 0.333. The summed E-state index contributed by atoms with van der Waals surface area (Å²) in [6.45, 7) is 2.93. The lowest BCUT2D eigenvalue weighted by Gasteiger charge is -2.27. The van der Waals surface area contributed by atoms with Crippen LogP contribution in [0.1, 0.15) is 0 Å². The number of hydrogen-bond acceptors (Lipinski definition) is 8. The number of rotatable bonds is 3. The molecule has 4 heterocycles. The second kappa shape index (κ2) is 6.25. The molecule has 9 heteroatoms. The highest BCUT2D eigenvalue weighted by Gasteiger charge is 2.19. The van der Waals surface area contributed by atoms with Crippen LogP contribution in [0.5, 0.6) is 0 Å². The van der Waals surface area contributed by atoms with Gasteiger partial charge in [0.2, 0.25) is 11.9 Å². The highest BCUT2D eigenvalue weighted by atomic mass is 32.2. The normalized spacial score (nSPS) is 15.1. The molecule has 0 spiro atoms. The molecule has 0 aliphatic carbocycles. The van der Waals surface area contributed by atoms with Gasteiger partial charge < -0.3 is 15.4 Å². The van der Waals surface area contributed by atoms with Gasteiger partial charge in [-0.2, -0.15) is 4.98 Å². The summed E-state index contributed by atoms with van der Waals surface area (Å²) >= 11 is 1.60. The molecule has 0 bridgehead atoms. The first-order chi connectivity index (χ1) is 11.8. The van der Waals surface area contributed by atoms with Crippen molar-refractivity contribution in [1.29, 1.82) is 0 Å². The zero-order chi connectivity index (χ0) is 16.5. The first kappa shape index (κ1) is 15.2. The van der Waals surface area contributed by atoms with Crippen molar-refractivity contribution < 1.29 is 4.74 Å². The van der Waals surface area contributed by atoms with Gasteiger partial charge in [-0.25, -0.2) is 15.0 Å². The summed E-state index contributed by atoms with van der Waals surface area (Å²) in [5, 5.41) is 0.967. The number of nitrogens with zero attached hydrogens (tertiary/aromatic N) is 6. The minimum atomic E-state index is 0.249. The molecule has 1 fully saturated rings. The number of anilines is 2. The van der Waals surface area contributed by atoms with Crippen molar-refractivity contribution in [2.45, 2.75) is 0 Å². The molecule has 24 heavy (non-hydrogen) atoms. The standard InChI is InChI=1S/C15H17N7OS/c1-24-22-3-2-11-12(10-8-17-14(16)18-9-10)19-15(20-13(11)22)21-4-6-23-7-5-21/h2-3,8-9H,4-7H2,1H3,(H2,16,17,18). The van der Waals surface area contributed by atoms with Gasteiger partial charge in [0.1, 0.15) is 0 Å². The highest BCUT2D eigenvalue weighted by molar-refractivity contribution is 7.97. The van der Waals surface area contributed by atoms with Crippen LogP contribution in [-0.2, 0) is 4.74 Å². The van der Waals surface area contributed by atoms with E-state index in [2.05, 4.69) is 14.9 Å². The lowest BCUT2D eigenvalue weighted by Crippen LogP contribution is -2.37. The van der Waals surface area contributed by atoms with E-state index in [9.17, 15) is 0 Å². The smallest absolute Gasteiger partial charge is 0.228 e. The number of ether oxygens (including phenoxy) is 1. The Bertz CT molecular complexity index is 858. The minimum Gasteiger partial charge on any atom is -0.378 e. The molecule has 3 aromatic rings. The molecular weight excluding hydrogens is 326 g/mol. The Hall–Kier alpha value is -2.39. The molecule has 0 saturated carbocycles. The Morgan fingerprint density at radius 2 is 1.92 bits per heavy atom. The number of nitrogens with two attached hydrogens (primary N) is 1. The van der Waals surface area contributed by atoms with Crippen LogP contribution in [0, 0.1) is 0 Å². The highest BCUT2D eigenvalue weighted by Crippen LogP contribution is 2.30. The van der Waals surface area contributed by atoms with Gasteiger partial charge in [-0.05, 0) is 18.0 Å². The Kier molecular flexibility index (Phi) is 3.95. The SMILES string of the molecule is CSn1ccc2c(-c3cnc(N)nc3)nc(N3CCOCC3)nc21. The third-order valence-corrected chi connectivity index (χ3v) is 4.62. The van der Waals surface area contributed by atoms with Gasteiger partial charge in [-0.3, -0.25) is 3.97 Å². The van der Waals surface area contributed by atoms with Gasteiger partial charge in [0, 0.05) is 48.9 Å². The first-order valence-electron chi connectivity index (χ1n) is 7.60. The summed E-state index contributed by atoms with van der Waals surface area (Å²) in [6, 6.07) is 2.01. The van der Waals surface area contributed by atoms with Crippen molar-refractivity contribution >= 4 is 34.9 Å². The molecule has 0 atom stereocenters. The molecule has 8 nitrogen and oxygen atoms in total. The fourth-order valence-corrected chi connectivity index (χ4v) is 3.21. The van der Waals surface area contributed by atoms with E-state index in [-0.39, 0.29) is 5.95 Å². The summed E-state index contributed by atoms with van der Waals surface area (Å²) in [5.41, 5.74) is 8.12. The topological polar surface area (TPSA) is 95.0 Å². The van der Waals surface area contributed by atoms with E-state index < -0.39 is 0 Å². The van der Waals surface area contributed by atoms with Crippen molar-refractivity contribution in [3.63, 3.8) is 0 Å². The van der Waals surface area contributed by atoms with Crippen molar-refractivity contribution in [2.75, 3.05) is 43.2 Å². The Balaban J connectivity index is 1.89. The minimum absolute atomic E-state index is 0.249. The third-order valence-electron chi connectivity index (χ3n) is 3.93. The van der Waals surface area contributed by atoms with Crippen LogP contribution in [0.2, 0.25) is 0 Å². The second-order valence-electron chi connectivity index (χ2n) is 5.36. The van der Waals surface area contributed by atoms with Gasteiger partial charge in [-0.1, -0.05) is 0 Å². The average molecular weight is 343 g/mol. The van der Waals surface area contributed by atoms with Crippen LogP contribution in [0.3, 0.4) is 0 Å². The van der Waals surface area contributed by atoms with Gasteiger partial charge in [0.25, 0.3) is 0 Å². The molecular formula is C15H17N7OS. The number of hydrogen-bond donors (Lipinski definition) is 1. The molecule has 2 N–H and O–H groups in total. The van der Waals surface area contributed by atoms with E-state index in [0.717, 1.165) is 35.4 Å². The Morgan fingerprint density at radius 1 is 1.17 bits per heavy atom. The van der Waals surface area contributed by atoms with Gasteiger partial charge >= 0.3 is 0 Å². The van der Waals surface area contributed by atoms with Crippen LogP contribution in [0.15, 0.2) is 24.7 Å². The van der Waals surface area contributed by atoms with Crippen LogP contribution in [0.4, 0.5) is 11.9 Å². The molecule has 1 saturated heterocycles. The van der Waals surface area contributed by atoms with Crippen LogP contribution in [0.25, 0.3) is 22.3 Å². The number of fused-ring (bicyclic) bond motifs is 1.